The van der Waals surface area contributed by atoms with Gasteiger partial charge in [0, 0.05) is 26.2 Å². The predicted octanol–water partition coefficient (Wildman–Crippen LogP) is 2.40. The molecule has 0 aliphatic carbocycles. The average molecular weight is 495 g/mol. The molecule has 1 heterocycles. The van der Waals surface area contributed by atoms with E-state index >= 15 is 0 Å². The first kappa shape index (κ1) is 25.4. The highest BCUT2D eigenvalue weighted by Gasteiger charge is 2.35. The van der Waals surface area contributed by atoms with Gasteiger partial charge in [-0.15, -0.1) is 0 Å². The highest BCUT2D eigenvalue weighted by molar-refractivity contribution is 7.89. The quantitative estimate of drug-likeness (QED) is 0.545. The van der Waals surface area contributed by atoms with Gasteiger partial charge in [-0.1, -0.05) is 0 Å². The minimum atomic E-state index is -4.11. The van der Waals surface area contributed by atoms with Crippen LogP contribution in [0.5, 0.6) is 11.5 Å². The molecule has 11 heteroatoms. The molecule has 1 amide bonds. The van der Waals surface area contributed by atoms with Gasteiger partial charge in [0.15, 0.2) is 11.5 Å². The molecule has 3 rings (SSSR count). The van der Waals surface area contributed by atoms with E-state index in [9.17, 15) is 22.4 Å². The SMILES string of the molecule is COC(=O)CC1c2cc(OC)c(OC)cc2CCN1C(=O)c1ccc(F)c(S(=O)(=O)N(C)C)c1. The summed E-state index contributed by atoms with van der Waals surface area (Å²) in [6.07, 6.45) is 0.331. The average Bonchev–Trinajstić information content (AvgIpc) is 2.82. The van der Waals surface area contributed by atoms with Crippen molar-refractivity contribution in [1.29, 1.82) is 0 Å². The Labute approximate surface area is 198 Å². The molecule has 0 bridgehead atoms. The van der Waals surface area contributed by atoms with Crippen LogP contribution in [-0.2, 0) is 26.0 Å². The molecule has 0 saturated heterocycles. The highest BCUT2D eigenvalue weighted by Crippen LogP contribution is 2.40. The monoisotopic (exact) mass is 494 g/mol. The van der Waals surface area contributed by atoms with Gasteiger partial charge in [0.1, 0.15) is 10.7 Å². The summed E-state index contributed by atoms with van der Waals surface area (Å²) in [4.78, 5) is 26.6. The number of rotatable bonds is 7. The van der Waals surface area contributed by atoms with Crippen LogP contribution in [0.25, 0.3) is 0 Å². The van der Waals surface area contributed by atoms with E-state index in [2.05, 4.69) is 0 Å². The molecule has 0 saturated carbocycles. The Kier molecular flexibility index (Phi) is 7.47. The lowest BCUT2D eigenvalue weighted by Crippen LogP contribution is -2.41. The zero-order valence-corrected chi connectivity index (χ0v) is 20.4. The molecule has 0 aromatic heterocycles. The van der Waals surface area contributed by atoms with Gasteiger partial charge in [-0.2, -0.15) is 0 Å². The molecule has 1 aliphatic heterocycles. The van der Waals surface area contributed by atoms with Crippen LogP contribution in [-0.4, -0.2) is 71.5 Å². The number of carbonyl (C=O) groups excluding carboxylic acids is 2. The van der Waals surface area contributed by atoms with Crippen molar-refractivity contribution in [3.05, 3.63) is 52.8 Å². The standard InChI is InChI=1S/C23H27FN2O7S/c1-25(2)34(29,30)21-11-15(6-7-17(21)24)23(28)26-9-8-14-10-19(31-3)20(32-4)12-16(14)18(26)13-22(27)33-5/h6-7,10-12,18H,8-9,13H2,1-5H3. The maximum absolute atomic E-state index is 14.4. The molecule has 2 aromatic rings. The van der Waals surface area contributed by atoms with Gasteiger partial charge in [-0.05, 0) is 47.9 Å². The molecule has 184 valence electrons. The number of esters is 1. The summed E-state index contributed by atoms with van der Waals surface area (Å²) in [6, 6.07) is 6.01. The van der Waals surface area contributed by atoms with Gasteiger partial charge in [-0.25, -0.2) is 17.1 Å². The van der Waals surface area contributed by atoms with Crippen LogP contribution >= 0.6 is 0 Å². The van der Waals surface area contributed by atoms with Gasteiger partial charge in [0.2, 0.25) is 10.0 Å². The molecule has 2 aromatic carbocycles. The number of methoxy groups -OCH3 is 3. The van der Waals surface area contributed by atoms with Crippen molar-refractivity contribution in [2.24, 2.45) is 0 Å². The fourth-order valence-corrected chi connectivity index (χ4v) is 4.91. The molecular formula is C23H27FN2O7S. The van der Waals surface area contributed by atoms with E-state index in [-0.39, 0.29) is 18.5 Å². The third-order valence-electron chi connectivity index (χ3n) is 5.79. The molecule has 0 N–H and O–H groups in total. The molecule has 34 heavy (non-hydrogen) atoms. The molecule has 0 spiro atoms. The number of fused-ring (bicyclic) bond motifs is 1. The number of nitrogens with zero attached hydrogens (tertiary/aromatic N) is 2. The fraction of sp³-hybridized carbons (Fsp3) is 0.391. The number of benzene rings is 2. The predicted molar refractivity (Wildman–Crippen MR) is 121 cm³/mol. The lowest BCUT2D eigenvalue weighted by Gasteiger charge is -2.37. The maximum atomic E-state index is 14.4. The van der Waals surface area contributed by atoms with Gasteiger partial charge >= 0.3 is 5.97 Å². The summed E-state index contributed by atoms with van der Waals surface area (Å²) in [7, 11) is 2.69. The topological polar surface area (TPSA) is 102 Å². The second-order valence-electron chi connectivity index (χ2n) is 7.88. The second-order valence-corrected chi connectivity index (χ2v) is 10.0. The molecule has 1 unspecified atom stereocenters. The second kappa shape index (κ2) is 9.98. The van der Waals surface area contributed by atoms with Crippen molar-refractivity contribution in [3.8, 4) is 11.5 Å². The first-order valence-electron chi connectivity index (χ1n) is 10.4. The Hall–Kier alpha value is -3.18. The van der Waals surface area contributed by atoms with Crippen molar-refractivity contribution in [3.63, 3.8) is 0 Å². The number of hydrogen-bond donors (Lipinski definition) is 0. The van der Waals surface area contributed by atoms with Crippen molar-refractivity contribution < 1.29 is 36.6 Å². The third-order valence-corrected chi connectivity index (χ3v) is 7.62. The van der Waals surface area contributed by atoms with Crippen LogP contribution in [0.3, 0.4) is 0 Å². The summed E-state index contributed by atoms with van der Waals surface area (Å²) >= 11 is 0. The summed E-state index contributed by atoms with van der Waals surface area (Å²) in [5, 5.41) is 0. The van der Waals surface area contributed by atoms with E-state index in [1.807, 2.05) is 0 Å². The van der Waals surface area contributed by atoms with E-state index in [4.69, 9.17) is 14.2 Å². The largest absolute Gasteiger partial charge is 0.493 e. The fourth-order valence-electron chi connectivity index (χ4n) is 3.93. The summed E-state index contributed by atoms with van der Waals surface area (Å²) < 4.78 is 55.9. The van der Waals surface area contributed by atoms with Crippen LogP contribution in [0.4, 0.5) is 4.39 Å². The number of sulfonamides is 1. The number of hydrogen-bond acceptors (Lipinski definition) is 7. The number of amides is 1. The zero-order valence-electron chi connectivity index (χ0n) is 19.6. The Bertz CT molecular complexity index is 1210. The molecule has 1 aliphatic rings. The number of ether oxygens (including phenoxy) is 3. The van der Waals surface area contributed by atoms with Crippen LogP contribution in [0.1, 0.15) is 33.9 Å². The van der Waals surface area contributed by atoms with Crippen LogP contribution in [0.2, 0.25) is 0 Å². The minimum Gasteiger partial charge on any atom is -0.493 e. The van der Waals surface area contributed by atoms with Gasteiger partial charge in [0.25, 0.3) is 5.91 Å². The summed E-state index contributed by atoms with van der Waals surface area (Å²) in [5.41, 5.74) is 1.55. The molecule has 1 atom stereocenters. The van der Waals surface area contributed by atoms with Gasteiger partial charge in [0.05, 0.1) is 33.8 Å². The van der Waals surface area contributed by atoms with E-state index in [0.29, 0.717) is 23.5 Å². The Balaban J connectivity index is 2.08. The Morgan fingerprint density at radius 2 is 1.74 bits per heavy atom. The first-order chi connectivity index (χ1) is 16.0. The minimum absolute atomic E-state index is 0.0133. The zero-order chi connectivity index (χ0) is 25.2. The van der Waals surface area contributed by atoms with Crippen LogP contribution < -0.4 is 9.47 Å². The highest BCUT2D eigenvalue weighted by atomic mass is 32.2. The van der Waals surface area contributed by atoms with Gasteiger partial charge < -0.3 is 19.1 Å². The third kappa shape index (κ3) is 4.71. The van der Waals surface area contributed by atoms with E-state index in [1.165, 1.54) is 46.4 Å². The maximum Gasteiger partial charge on any atom is 0.307 e. The lowest BCUT2D eigenvalue weighted by atomic mass is 9.89. The van der Waals surface area contributed by atoms with E-state index in [1.54, 1.807) is 12.1 Å². The number of halogens is 1. The Morgan fingerprint density at radius 3 is 2.32 bits per heavy atom. The summed E-state index contributed by atoms with van der Waals surface area (Å²) in [6.45, 7) is 0.246. The van der Waals surface area contributed by atoms with Crippen molar-refractivity contribution >= 4 is 21.9 Å². The molecular weight excluding hydrogens is 467 g/mol. The van der Waals surface area contributed by atoms with E-state index < -0.39 is 38.7 Å². The lowest BCUT2D eigenvalue weighted by molar-refractivity contribution is -0.141. The smallest absolute Gasteiger partial charge is 0.307 e. The van der Waals surface area contributed by atoms with Crippen LogP contribution in [0.15, 0.2) is 35.2 Å². The first-order valence-corrected chi connectivity index (χ1v) is 11.8. The van der Waals surface area contributed by atoms with Crippen molar-refractivity contribution in [2.75, 3.05) is 42.0 Å². The van der Waals surface area contributed by atoms with Gasteiger partial charge in [-0.3, -0.25) is 9.59 Å². The number of carbonyl (C=O) groups is 2. The molecule has 9 nitrogen and oxygen atoms in total. The molecule has 0 radical (unpaired) electrons. The molecule has 0 fully saturated rings. The van der Waals surface area contributed by atoms with Crippen molar-refractivity contribution in [2.45, 2.75) is 23.8 Å². The van der Waals surface area contributed by atoms with Crippen LogP contribution in [0, 0.1) is 5.82 Å². The normalized spacial score (nSPS) is 15.6. The van der Waals surface area contributed by atoms with Crippen molar-refractivity contribution in [1.82, 2.24) is 9.21 Å². The Morgan fingerprint density at radius 1 is 1.09 bits per heavy atom. The summed E-state index contributed by atoms with van der Waals surface area (Å²) in [5.74, 6) is -1.07. The van der Waals surface area contributed by atoms with E-state index in [0.717, 1.165) is 22.0 Å².